The molecule has 0 unspecified atom stereocenters. The van der Waals surface area contributed by atoms with Crippen LogP contribution in [0.1, 0.15) is 26.8 Å². The summed E-state index contributed by atoms with van der Waals surface area (Å²) in [5, 5.41) is 0. The molecule has 4 rings (SSSR count). The molecular weight excluding hydrogens is 416 g/mol. The van der Waals surface area contributed by atoms with E-state index >= 15 is 0 Å². The van der Waals surface area contributed by atoms with Gasteiger partial charge in [-0.1, -0.05) is 29.5 Å². The van der Waals surface area contributed by atoms with E-state index in [4.69, 9.17) is 14.1 Å². The lowest BCUT2D eigenvalue weighted by Crippen LogP contribution is -2.20. The molecule has 0 saturated carbocycles. The summed E-state index contributed by atoms with van der Waals surface area (Å²) in [7, 11) is 3.16. The van der Waals surface area contributed by atoms with Gasteiger partial charge in [-0.15, -0.1) is 0 Å². The second-order valence-corrected chi connectivity index (χ2v) is 7.96. The van der Waals surface area contributed by atoms with Gasteiger partial charge in [0.2, 0.25) is 0 Å². The molecule has 0 aliphatic heterocycles. The Kier molecular flexibility index (Phi) is 5.51. The van der Waals surface area contributed by atoms with E-state index in [2.05, 4.69) is 0 Å². The van der Waals surface area contributed by atoms with Crippen LogP contribution in [0.25, 0.3) is 5.69 Å². The zero-order valence-corrected chi connectivity index (χ0v) is 18.5. The second-order valence-electron chi connectivity index (χ2n) is 6.98. The predicted octanol–water partition coefficient (Wildman–Crippen LogP) is 3.32. The summed E-state index contributed by atoms with van der Waals surface area (Å²) in [6.07, 6.45) is 1.59. The van der Waals surface area contributed by atoms with Crippen molar-refractivity contribution in [2.45, 2.75) is 20.4 Å². The first kappa shape index (κ1) is 20.7. The van der Waals surface area contributed by atoms with Crippen molar-refractivity contribution in [1.82, 2.24) is 13.9 Å². The lowest BCUT2D eigenvalue weighted by Gasteiger charge is -2.07. The van der Waals surface area contributed by atoms with Crippen LogP contribution in [0.4, 0.5) is 5.69 Å². The Balaban J connectivity index is 1.93. The van der Waals surface area contributed by atoms with E-state index in [1.807, 2.05) is 61.9 Å². The van der Waals surface area contributed by atoms with Gasteiger partial charge in [-0.05, 0) is 38.1 Å². The van der Waals surface area contributed by atoms with Gasteiger partial charge in [-0.25, -0.2) is 14.5 Å². The highest BCUT2D eigenvalue weighted by Crippen LogP contribution is 2.19. The Hall–Kier alpha value is -3.59. The van der Waals surface area contributed by atoms with Crippen LogP contribution in [0.15, 0.2) is 62.9 Å². The largest absolute Gasteiger partial charge is 0.467 e. The Labute approximate surface area is 182 Å². The molecule has 0 aliphatic rings. The van der Waals surface area contributed by atoms with E-state index in [1.165, 1.54) is 18.4 Å². The first-order valence-electron chi connectivity index (χ1n) is 9.62. The number of carbonyl (C=O) groups is 1. The quantitative estimate of drug-likeness (QED) is 0.448. The van der Waals surface area contributed by atoms with E-state index in [9.17, 15) is 9.59 Å². The standard InChI is InChI=1S/C22H22N4O4S/c1-14-18(20(27)26(24(14)3)16-9-6-5-7-10-16)23-22-25(13-17-11-8-12-30-17)15(2)19(31-22)21(28)29-4/h5-12H,13H2,1-4H3. The van der Waals surface area contributed by atoms with Crippen LogP contribution >= 0.6 is 11.3 Å². The van der Waals surface area contributed by atoms with Gasteiger partial charge in [0.15, 0.2) is 10.5 Å². The molecule has 31 heavy (non-hydrogen) atoms. The third-order valence-electron chi connectivity index (χ3n) is 5.15. The lowest BCUT2D eigenvalue weighted by atomic mass is 10.3. The van der Waals surface area contributed by atoms with E-state index in [1.54, 1.807) is 21.7 Å². The first-order chi connectivity index (χ1) is 14.9. The Bertz CT molecular complexity index is 1360. The number of ether oxygens (including phenoxy) is 1. The summed E-state index contributed by atoms with van der Waals surface area (Å²) < 4.78 is 15.6. The number of para-hydroxylation sites is 1. The number of esters is 1. The van der Waals surface area contributed by atoms with Crippen molar-refractivity contribution in [3.05, 3.63) is 85.9 Å². The summed E-state index contributed by atoms with van der Waals surface area (Å²) in [5.74, 6) is 0.272. The average molecular weight is 439 g/mol. The molecule has 0 amide bonds. The maximum Gasteiger partial charge on any atom is 0.349 e. The molecule has 3 heterocycles. The van der Waals surface area contributed by atoms with Gasteiger partial charge in [0.05, 0.1) is 31.3 Å². The van der Waals surface area contributed by atoms with Gasteiger partial charge >= 0.3 is 5.97 Å². The number of aromatic nitrogens is 3. The van der Waals surface area contributed by atoms with Gasteiger partial charge in [-0.2, -0.15) is 0 Å². The molecule has 8 nitrogen and oxygen atoms in total. The third kappa shape index (κ3) is 3.68. The fraction of sp³-hybridized carbons (Fsp3) is 0.227. The maximum absolute atomic E-state index is 13.3. The molecule has 0 radical (unpaired) electrons. The minimum Gasteiger partial charge on any atom is -0.467 e. The first-order valence-corrected chi connectivity index (χ1v) is 10.4. The predicted molar refractivity (Wildman–Crippen MR) is 117 cm³/mol. The number of thiazole rings is 1. The SMILES string of the molecule is COC(=O)c1sc(=Nc2c(C)n(C)n(-c3ccccc3)c2=O)n(Cc2ccco2)c1C. The summed E-state index contributed by atoms with van der Waals surface area (Å²) in [6.45, 7) is 4.05. The molecule has 0 spiro atoms. The fourth-order valence-electron chi connectivity index (χ4n) is 3.37. The molecular formula is C22H22N4O4S. The molecule has 0 bridgehead atoms. The monoisotopic (exact) mass is 438 g/mol. The molecule has 1 aromatic carbocycles. The van der Waals surface area contributed by atoms with Crippen molar-refractivity contribution in [2.75, 3.05) is 7.11 Å². The van der Waals surface area contributed by atoms with Crippen LogP contribution in [0.2, 0.25) is 0 Å². The Morgan fingerprint density at radius 1 is 1.13 bits per heavy atom. The average Bonchev–Trinajstić information content (AvgIpc) is 3.45. The summed E-state index contributed by atoms with van der Waals surface area (Å²) in [4.78, 5) is 31.2. The molecule has 0 fully saturated rings. The highest BCUT2D eigenvalue weighted by Gasteiger charge is 2.20. The van der Waals surface area contributed by atoms with Crippen molar-refractivity contribution in [3.63, 3.8) is 0 Å². The lowest BCUT2D eigenvalue weighted by molar-refractivity contribution is 0.0604. The topological polar surface area (TPSA) is 83.7 Å². The van der Waals surface area contributed by atoms with Crippen molar-refractivity contribution in [3.8, 4) is 5.69 Å². The number of furan rings is 1. The smallest absolute Gasteiger partial charge is 0.349 e. The highest BCUT2D eigenvalue weighted by atomic mass is 32.1. The van der Waals surface area contributed by atoms with Crippen molar-refractivity contribution in [1.29, 1.82) is 0 Å². The molecule has 0 N–H and O–H groups in total. The van der Waals surface area contributed by atoms with Crippen LogP contribution in [0.5, 0.6) is 0 Å². The fourth-order valence-corrected chi connectivity index (χ4v) is 4.43. The summed E-state index contributed by atoms with van der Waals surface area (Å²) in [5.41, 5.74) is 2.24. The van der Waals surface area contributed by atoms with E-state index in [-0.39, 0.29) is 5.56 Å². The van der Waals surface area contributed by atoms with Crippen LogP contribution in [0.3, 0.4) is 0 Å². The number of nitrogens with zero attached hydrogens (tertiary/aromatic N) is 4. The number of rotatable bonds is 5. The van der Waals surface area contributed by atoms with Crippen LogP contribution < -0.4 is 10.4 Å². The van der Waals surface area contributed by atoms with Crippen molar-refractivity contribution in [2.24, 2.45) is 12.0 Å². The van der Waals surface area contributed by atoms with Gasteiger partial charge in [-0.3, -0.25) is 9.48 Å². The number of hydrogen-bond acceptors (Lipinski definition) is 6. The van der Waals surface area contributed by atoms with Crippen LogP contribution in [-0.2, 0) is 18.3 Å². The zero-order valence-electron chi connectivity index (χ0n) is 17.7. The molecule has 0 atom stereocenters. The molecule has 0 aliphatic carbocycles. The van der Waals surface area contributed by atoms with Gasteiger partial charge in [0.1, 0.15) is 10.6 Å². The second kappa shape index (κ2) is 8.27. The van der Waals surface area contributed by atoms with Gasteiger partial charge < -0.3 is 13.7 Å². The molecule has 3 aromatic heterocycles. The minimum absolute atomic E-state index is 0.235. The van der Waals surface area contributed by atoms with Crippen LogP contribution in [-0.4, -0.2) is 27.0 Å². The van der Waals surface area contributed by atoms with E-state index in [0.717, 1.165) is 5.69 Å². The normalized spacial score (nSPS) is 11.8. The molecule has 9 heteroatoms. The number of hydrogen-bond donors (Lipinski definition) is 0. The number of benzene rings is 1. The summed E-state index contributed by atoms with van der Waals surface area (Å²) >= 11 is 1.19. The highest BCUT2D eigenvalue weighted by molar-refractivity contribution is 7.11. The van der Waals surface area contributed by atoms with Crippen LogP contribution in [0, 0.1) is 13.8 Å². The Morgan fingerprint density at radius 2 is 1.87 bits per heavy atom. The van der Waals surface area contributed by atoms with Crippen molar-refractivity contribution < 1.29 is 13.9 Å². The van der Waals surface area contributed by atoms with E-state index < -0.39 is 5.97 Å². The van der Waals surface area contributed by atoms with Gasteiger partial charge in [0, 0.05) is 12.7 Å². The number of methoxy groups -OCH3 is 1. The molecule has 160 valence electrons. The van der Waals surface area contributed by atoms with E-state index in [0.29, 0.717) is 39.1 Å². The number of carbonyl (C=O) groups excluding carboxylic acids is 1. The maximum atomic E-state index is 13.3. The third-order valence-corrected chi connectivity index (χ3v) is 6.31. The minimum atomic E-state index is -0.441. The molecule has 4 aromatic rings. The summed E-state index contributed by atoms with van der Waals surface area (Å²) in [6, 6.07) is 13.0. The Morgan fingerprint density at radius 3 is 2.52 bits per heavy atom. The van der Waals surface area contributed by atoms with Crippen molar-refractivity contribution >= 4 is 23.0 Å². The molecule has 0 saturated heterocycles. The van der Waals surface area contributed by atoms with Gasteiger partial charge in [0.25, 0.3) is 5.56 Å². The zero-order chi connectivity index (χ0) is 22.1.